The van der Waals surface area contributed by atoms with E-state index in [2.05, 4.69) is 24.2 Å². The Hall–Kier alpha value is -0.120. The monoisotopic (exact) mass is 226 g/mol. The zero-order chi connectivity index (χ0) is 11.4. The lowest BCUT2D eigenvalue weighted by atomic mass is 9.93. The van der Waals surface area contributed by atoms with Crippen LogP contribution in [0, 0.1) is 5.92 Å². The molecule has 0 amide bonds. The molecule has 94 valence electrons. The fourth-order valence-electron chi connectivity index (χ4n) is 3.19. The number of rotatable bonds is 3. The lowest BCUT2D eigenvalue weighted by molar-refractivity contribution is -0.0265. The van der Waals surface area contributed by atoms with Crippen LogP contribution < -0.4 is 5.32 Å². The van der Waals surface area contributed by atoms with Crippen LogP contribution in [0.1, 0.15) is 32.6 Å². The van der Waals surface area contributed by atoms with Crippen LogP contribution in [-0.4, -0.2) is 50.3 Å². The van der Waals surface area contributed by atoms with Gasteiger partial charge in [0.25, 0.3) is 0 Å². The van der Waals surface area contributed by atoms with Gasteiger partial charge < -0.3 is 10.1 Å². The van der Waals surface area contributed by atoms with E-state index >= 15 is 0 Å². The van der Waals surface area contributed by atoms with Crippen LogP contribution in [0.2, 0.25) is 0 Å². The molecule has 2 aliphatic heterocycles. The molecule has 16 heavy (non-hydrogen) atoms. The predicted molar refractivity (Wildman–Crippen MR) is 66.7 cm³/mol. The van der Waals surface area contributed by atoms with Crippen LogP contribution in [0.4, 0.5) is 0 Å². The molecule has 3 nitrogen and oxygen atoms in total. The van der Waals surface area contributed by atoms with E-state index in [9.17, 15) is 0 Å². The summed E-state index contributed by atoms with van der Waals surface area (Å²) < 4.78 is 5.63. The van der Waals surface area contributed by atoms with Crippen molar-refractivity contribution in [2.75, 3.05) is 33.3 Å². The van der Waals surface area contributed by atoms with Gasteiger partial charge in [-0.05, 0) is 58.7 Å². The molecule has 3 atom stereocenters. The van der Waals surface area contributed by atoms with Gasteiger partial charge in [0.2, 0.25) is 0 Å². The molecule has 0 spiro atoms. The summed E-state index contributed by atoms with van der Waals surface area (Å²) >= 11 is 0. The molecule has 2 saturated heterocycles. The van der Waals surface area contributed by atoms with E-state index in [1.807, 2.05) is 0 Å². The van der Waals surface area contributed by atoms with Gasteiger partial charge in [-0.2, -0.15) is 0 Å². The molecular formula is C13H26N2O. The van der Waals surface area contributed by atoms with E-state index in [1.54, 1.807) is 0 Å². The Morgan fingerprint density at radius 2 is 2.25 bits per heavy atom. The first-order valence-corrected chi connectivity index (χ1v) is 6.80. The minimum Gasteiger partial charge on any atom is -0.378 e. The van der Waals surface area contributed by atoms with Gasteiger partial charge in [0, 0.05) is 19.2 Å². The highest BCUT2D eigenvalue weighted by Gasteiger charge is 2.28. The molecule has 0 saturated carbocycles. The second kappa shape index (κ2) is 5.99. The van der Waals surface area contributed by atoms with E-state index in [0.717, 1.165) is 18.6 Å². The number of ether oxygens (including phenoxy) is 1. The molecule has 1 N–H and O–H groups in total. The van der Waals surface area contributed by atoms with E-state index in [0.29, 0.717) is 6.10 Å². The summed E-state index contributed by atoms with van der Waals surface area (Å²) in [5.74, 6) is 0.858. The van der Waals surface area contributed by atoms with Gasteiger partial charge in [0.1, 0.15) is 0 Å². The maximum Gasteiger partial charge on any atom is 0.0561 e. The summed E-state index contributed by atoms with van der Waals surface area (Å²) in [6, 6.07) is 0.781. The number of nitrogens with zero attached hydrogens (tertiary/aromatic N) is 1. The Labute approximate surface area is 99.5 Å². The van der Waals surface area contributed by atoms with E-state index in [1.165, 1.54) is 45.3 Å². The van der Waals surface area contributed by atoms with Gasteiger partial charge in [-0.3, -0.25) is 4.90 Å². The lowest BCUT2D eigenvalue weighted by Crippen LogP contribution is -2.47. The van der Waals surface area contributed by atoms with Gasteiger partial charge in [-0.15, -0.1) is 0 Å². The Morgan fingerprint density at radius 3 is 3.00 bits per heavy atom. The highest BCUT2D eigenvalue weighted by atomic mass is 16.5. The third-order valence-corrected chi connectivity index (χ3v) is 4.02. The molecule has 0 bridgehead atoms. The van der Waals surface area contributed by atoms with Crippen LogP contribution >= 0.6 is 0 Å². The second-order valence-electron chi connectivity index (χ2n) is 5.42. The van der Waals surface area contributed by atoms with Crippen LogP contribution in [0.5, 0.6) is 0 Å². The summed E-state index contributed by atoms with van der Waals surface area (Å²) in [7, 11) is 2.06. The van der Waals surface area contributed by atoms with Crippen molar-refractivity contribution in [3.05, 3.63) is 0 Å². The first-order chi connectivity index (χ1) is 7.79. The molecule has 2 aliphatic rings. The minimum atomic E-state index is 0.462. The minimum absolute atomic E-state index is 0.462. The van der Waals surface area contributed by atoms with Gasteiger partial charge in [0.05, 0.1) is 6.10 Å². The van der Waals surface area contributed by atoms with Crippen LogP contribution in [0.3, 0.4) is 0 Å². The number of piperidine rings is 1. The maximum absolute atomic E-state index is 5.63. The van der Waals surface area contributed by atoms with Crippen molar-refractivity contribution in [1.29, 1.82) is 0 Å². The molecule has 2 heterocycles. The van der Waals surface area contributed by atoms with Crippen molar-refractivity contribution < 1.29 is 4.74 Å². The maximum atomic E-state index is 5.63. The first kappa shape index (κ1) is 12.3. The Bertz CT molecular complexity index is 208. The molecule has 0 aromatic rings. The summed E-state index contributed by atoms with van der Waals surface area (Å²) in [5.41, 5.74) is 0. The zero-order valence-corrected chi connectivity index (χ0v) is 10.7. The van der Waals surface area contributed by atoms with Crippen molar-refractivity contribution in [2.45, 2.75) is 44.8 Å². The molecular weight excluding hydrogens is 200 g/mol. The molecule has 0 radical (unpaired) electrons. The summed E-state index contributed by atoms with van der Waals surface area (Å²) in [6.45, 7) is 6.94. The van der Waals surface area contributed by atoms with Crippen molar-refractivity contribution in [3.63, 3.8) is 0 Å². The molecule has 2 fully saturated rings. The average molecular weight is 226 g/mol. The zero-order valence-electron chi connectivity index (χ0n) is 10.7. The molecule has 0 aliphatic carbocycles. The van der Waals surface area contributed by atoms with Crippen LogP contribution in [-0.2, 0) is 4.74 Å². The largest absolute Gasteiger partial charge is 0.378 e. The third kappa shape index (κ3) is 3.19. The van der Waals surface area contributed by atoms with Gasteiger partial charge in [-0.1, -0.05) is 0 Å². The van der Waals surface area contributed by atoms with Crippen molar-refractivity contribution in [3.8, 4) is 0 Å². The summed E-state index contributed by atoms with van der Waals surface area (Å²) in [4.78, 5) is 2.71. The Balaban J connectivity index is 1.83. The highest BCUT2D eigenvalue weighted by molar-refractivity contribution is 4.83. The van der Waals surface area contributed by atoms with Crippen molar-refractivity contribution >= 4 is 0 Å². The van der Waals surface area contributed by atoms with Gasteiger partial charge in [0.15, 0.2) is 0 Å². The number of nitrogens with one attached hydrogen (secondary N) is 1. The number of hydrogen-bond acceptors (Lipinski definition) is 3. The standard InChI is InChI=1S/C13H26N2O/c1-11-8-13(5-7-16-11)15-6-3-4-12(10-15)9-14-2/h11-14H,3-10H2,1-2H3. The highest BCUT2D eigenvalue weighted by Crippen LogP contribution is 2.24. The van der Waals surface area contributed by atoms with E-state index in [4.69, 9.17) is 4.74 Å². The summed E-state index contributed by atoms with van der Waals surface area (Å²) in [6.07, 6.45) is 5.69. The SMILES string of the molecule is CNCC1CCCN(C2CCOC(C)C2)C1. The molecule has 0 aromatic carbocycles. The van der Waals surface area contributed by atoms with E-state index in [-0.39, 0.29) is 0 Å². The third-order valence-electron chi connectivity index (χ3n) is 4.02. The quantitative estimate of drug-likeness (QED) is 0.789. The smallest absolute Gasteiger partial charge is 0.0561 e. The number of hydrogen-bond donors (Lipinski definition) is 1. The molecule has 3 unspecified atom stereocenters. The first-order valence-electron chi connectivity index (χ1n) is 6.80. The average Bonchev–Trinajstić information content (AvgIpc) is 2.30. The molecule has 2 rings (SSSR count). The summed E-state index contributed by atoms with van der Waals surface area (Å²) in [5, 5.41) is 3.32. The second-order valence-corrected chi connectivity index (χ2v) is 5.42. The number of likely N-dealkylation sites (tertiary alicyclic amines) is 1. The Kier molecular flexibility index (Phi) is 4.62. The topological polar surface area (TPSA) is 24.5 Å². The van der Waals surface area contributed by atoms with Gasteiger partial charge >= 0.3 is 0 Å². The fourth-order valence-corrected chi connectivity index (χ4v) is 3.19. The lowest BCUT2D eigenvalue weighted by Gasteiger charge is -2.41. The van der Waals surface area contributed by atoms with Crippen LogP contribution in [0.25, 0.3) is 0 Å². The van der Waals surface area contributed by atoms with Crippen LogP contribution in [0.15, 0.2) is 0 Å². The van der Waals surface area contributed by atoms with E-state index < -0.39 is 0 Å². The van der Waals surface area contributed by atoms with Gasteiger partial charge in [-0.25, -0.2) is 0 Å². The predicted octanol–water partition coefficient (Wildman–Crippen LogP) is 1.49. The van der Waals surface area contributed by atoms with Crippen molar-refractivity contribution in [1.82, 2.24) is 10.2 Å². The molecule has 3 heteroatoms. The normalized spacial score (nSPS) is 37.5. The van der Waals surface area contributed by atoms with Crippen molar-refractivity contribution in [2.24, 2.45) is 5.92 Å². The Morgan fingerprint density at radius 1 is 1.38 bits per heavy atom. The fraction of sp³-hybridized carbons (Fsp3) is 1.00. The molecule has 0 aromatic heterocycles.